The van der Waals surface area contributed by atoms with Crippen LogP contribution >= 0.6 is 11.3 Å². The number of ether oxygens (including phenoxy) is 1. The zero-order chi connectivity index (χ0) is 16.2. The van der Waals surface area contributed by atoms with E-state index in [2.05, 4.69) is 23.9 Å². The summed E-state index contributed by atoms with van der Waals surface area (Å²) in [6.07, 6.45) is 2.22. The van der Waals surface area contributed by atoms with Crippen LogP contribution in [0.3, 0.4) is 0 Å². The van der Waals surface area contributed by atoms with Gasteiger partial charge >= 0.3 is 0 Å². The summed E-state index contributed by atoms with van der Waals surface area (Å²) in [5, 5.41) is 1.97. The summed E-state index contributed by atoms with van der Waals surface area (Å²) >= 11 is 1.53. The van der Waals surface area contributed by atoms with Gasteiger partial charge in [0, 0.05) is 38.8 Å². The first kappa shape index (κ1) is 16.9. The number of carbonyl (C=O) groups excluding carboxylic acids is 1. The van der Waals surface area contributed by atoms with Gasteiger partial charge in [-0.3, -0.25) is 9.69 Å². The monoisotopic (exact) mass is 337 g/mol. The van der Waals surface area contributed by atoms with E-state index in [4.69, 9.17) is 4.74 Å². The Morgan fingerprint density at radius 3 is 2.91 bits per heavy atom. The van der Waals surface area contributed by atoms with Gasteiger partial charge in [-0.2, -0.15) is 0 Å². The number of hydrogen-bond donors (Lipinski definition) is 0. The van der Waals surface area contributed by atoms with Gasteiger partial charge in [-0.1, -0.05) is 6.07 Å². The number of likely N-dealkylation sites (tertiary alicyclic amines) is 1. The normalized spacial score (nSPS) is 26.1. The van der Waals surface area contributed by atoms with E-state index in [-0.39, 0.29) is 12.0 Å². The Kier molecular flexibility index (Phi) is 5.69. The van der Waals surface area contributed by atoms with Gasteiger partial charge in [-0.25, -0.2) is 0 Å². The molecule has 2 aliphatic heterocycles. The molecule has 6 heteroatoms. The van der Waals surface area contributed by atoms with Gasteiger partial charge in [0.2, 0.25) is 0 Å². The minimum atomic E-state index is 0.179. The average molecular weight is 337 g/mol. The number of fused-ring (bicyclic) bond motifs is 1. The number of rotatable bonds is 4. The van der Waals surface area contributed by atoms with Crippen molar-refractivity contribution in [1.82, 2.24) is 14.7 Å². The van der Waals surface area contributed by atoms with E-state index in [1.165, 1.54) is 11.3 Å². The van der Waals surface area contributed by atoms with Crippen molar-refractivity contribution in [2.45, 2.75) is 25.0 Å². The van der Waals surface area contributed by atoms with Crippen molar-refractivity contribution in [3.8, 4) is 0 Å². The molecule has 0 aliphatic carbocycles. The van der Waals surface area contributed by atoms with E-state index >= 15 is 0 Å². The molecule has 128 valence electrons. The lowest BCUT2D eigenvalue weighted by molar-refractivity contribution is -0.0724. The third-order valence-electron chi connectivity index (χ3n) is 4.84. The van der Waals surface area contributed by atoms with Crippen LogP contribution in [0.25, 0.3) is 0 Å². The van der Waals surface area contributed by atoms with Gasteiger partial charge in [0.05, 0.1) is 17.6 Å². The zero-order valence-corrected chi connectivity index (χ0v) is 14.9. The molecule has 0 radical (unpaired) electrons. The molecule has 3 rings (SSSR count). The summed E-state index contributed by atoms with van der Waals surface area (Å²) in [6.45, 7) is 5.61. The molecule has 0 N–H and O–H groups in total. The van der Waals surface area contributed by atoms with E-state index in [9.17, 15) is 4.79 Å². The highest BCUT2D eigenvalue weighted by Gasteiger charge is 2.35. The highest BCUT2D eigenvalue weighted by atomic mass is 32.1. The summed E-state index contributed by atoms with van der Waals surface area (Å²) in [6, 6.07) is 4.32. The van der Waals surface area contributed by atoms with E-state index in [0.717, 1.165) is 57.0 Å². The van der Waals surface area contributed by atoms with Crippen molar-refractivity contribution in [3.63, 3.8) is 0 Å². The lowest BCUT2D eigenvalue weighted by Crippen LogP contribution is -2.52. The van der Waals surface area contributed by atoms with E-state index in [0.29, 0.717) is 6.04 Å². The Labute approximate surface area is 142 Å². The molecular weight excluding hydrogens is 310 g/mol. The SMILES string of the molecule is CN(C)CCN1CCO[C@H]2CCN(C(=O)c3cccs3)CC[C@@H]21. The van der Waals surface area contributed by atoms with Gasteiger partial charge < -0.3 is 14.5 Å². The first-order valence-corrected chi connectivity index (χ1v) is 9.36. The van der Waals surface area contributed by atoms with Gasteiger partial charge in [-0.15, -0.1) is 11.3 Å². The molecule has 5 nitrogen and oxygen atoms in total. The first-order chi connectivity index (χ1) is 11.1. The number of thiophene rings is 1. The molecule has 0 bridgehead atoms. The van der Waals surface area contributed by atoms with Crippen molar-refractivity contribution in [3.05, 3.63) is 22.4 Å². The fourth-order valence-electron chi connectivity index (χ4n) is 3.53. The Balaban J connectivity index is 1.63. The number of hydrogen-bond acceptors (Lipinski definition) is 5. The fourth-order valence-corrected chi connectivity index (χ4v) is 4.22. The Hall–Kier alpha value is -0.950. The standard InChI is InChI=1S/C17H27N3O2S/c1-18(2)9-10-19-11-12-22-15-6-8-20(7-5-14(15)19)17(21)16-4-3-13-23-16/h3-4,13-15H,5-12H2,1-2H3/t14-,15-/m0/s1. The zero-order valence-electron chi connectivity index (χ0n) is 14.1. The molecular formula is C17H27N3O2S. The molecule has 0 spiro atoms. The third kappa shape index (κ3) is 4.12. The van der Waals surface area contributed by atoms with Crippen LogP contribution < -0.4 is 0 Å². The van der Waals surface area contributed by atoms with Crippen LogP contribution in [0.15, 0.2) is 17.5 Å². The highest BCUT2D eigenvalue weighted by Crippen LogP contribution is 2.25. The van der Waals surface area contributed by atoms with E-state index < -0.39 is 0 Å². The molecule has 1 aromatic heterocycles. The van der Waals surface area contributed by atoms with Crippen molar-refractivity contribution < 1.29 is 9.53 Å². The minimum Gasteiger partial charge on any atom is -0.375 e. The largest absolute Gasteiger partial charge is 0.375 e. The van der Waals surface area contributed by atoms with Crippen LogP contribution in [0.4, 0.5) is 0 Å². The summed E-state index contributed by atoms with van der Waals surface area (Å²) in [5.74, 6) is 0.179. The number of amides is 1. The molecule has 0 saturated carbocycles. The topological polar surface area (TPSA) is 36.0 Å². The quantitative estimate of drug-likeness (QED) is 0.836. The van der Waals surface area contributed by atoms with Gasteiger partial charge in [0.15, 0.2) is 0 Å². The van der Waals surface area contributed by atoms with Crippen LogP contribution in [0, 0.1) is 0 Å². The molecule has 2 saturated heterocycles. The Bertz CT molecular complexity index is 506. The molecule has 2 fully saturated rings. The summed E-state index contributed by atoms with van der Waals surface area (Å²) in [5.41, 5.74) is 0. The van der Waals surface area contributed by atoms with Gasteiger partial charge in [0.1, 0.15) is 0 Å². The Morgan fingerprint density at radius 1 is 1.35 bits per heavy atom. The van der Waals surface area contributed by atoms with Crippen molar-refractivity contribution >= 4 is 17.2 Å². The second-order valence-corrected chi connectivity index (χ2v) is 7.61. The van der Waals surface area contributed by atoms with Crippen LogP contribution in [0.2, 0.25) is 0 Å². The van der Waals surface area contributed by atoms with Crippen molar-refractivity contribution in [2.75, 3.05) is 53.4 Å². The smallest absolute Gasteiger partial charge is 0.263 e. The Morgan fingerprint density at radius 2 is 2.17 bits per heavy atom. The summed E-state index contributed by atoms with van der Waals surface area (Å²) in [7, 11) is 4.24. The molecule has 2 atom stereocenters. The lowest BCUT2D eigenvalue weighted by atomic mass is 10.0. The van der Waals surface area contributed by atoms with Crippen molar-refractivity contribution in [1.29, 1.82) is 0 Å². The third-order valence-corrected chi connectivity index (χ3v) is 5.70. The van der Waals surface area contributed by atoms with Gasteiger partial charge in [-0.05, 0) is 38.4 Å². The van der Waals surface area contributed by atoms with Crippen LogP contribution in [-0.4, -0.2) is 86.2 Å². The van der Waals surface area contributed by atoms with Crippen LogP contribution in [0.5, 0.6) is 0 Å². The maximum absolute atomic E-state index is 12.6. The first-order valence-electron chi connectivity index (χ1n) is 8.48. The minimum absolute atomic E-state index is 0.179. The molecule has 1 amide bonds. The number of nitrogens with zero attached hydrogens (tertiary/aromatic N) is 3. The molecule has 1 aromatic rings. The maximum Gasteiger partial charge on any atom is 0.263 e. The van der Waals surface area contributed by atoms with Gasteiger partial charge in [0.25, 0.3) is 5.91 Å². The predicted octanol–water partition coefficient (Wildman–Crippen LogP) is 1.62. The predicted molar refractivity (Wildman–Crippen MR) is 93.1 cm³/mol. The second-order valence-electron chi connectivity index (χ2n) is 6.66. The average Bonchev–Trinajstić information content (AvgIpc) is 2.99. The number of carbonyl (C=O) groups is 1. The van der Waals surface area contributed by atoms with Crippen LogP contribution in [0.1, 0.15) is 22.5 Å². The second kappa shape index (κ2) is 7.75. The molecule has 0 aromatic carbocycles. The van der Waals surface area contributed by atoms with Crippen molar-refractivity contribution in [2.24, 2.45) is 0 Å². The van der Waals surface area contributed by atoms with E-state index in [1.54, 1.807) is 0 Å². The molecule has 3 heterocycles. The number of likely N-dealkylation sites (N-methyl/N-ethyl adjacent to an activating group) is 1. The van der Waals surface area contributed by atoms with Crippen LogP contribution in [-0.2, 0) is 4.74 Å². The summed E-state index contributed by atoms with van der Waals surface area (Å²) < 4.78 is 6.03. The molecule has 0 unspecified atom stereocenters. The highest BCUT2D eigenvalue weighted by molar-refractivity contribution is 7.12. The maximum atomic E-state index is 12.6. The molecule has 23 heavy (non-hydrogen) atoms. The lowest BCUT2D eigenvalue weighted by Gasteiger charge is -2.40. The van der Waals surface area contributed by atoms with E-state index in [1.807, 2.05) is 22.4 Å². The summed E-state index contributed by atoms with van der Waals surface area (Å²) in [4.78, 5) is 20.2. The fraction of sp³-hybridized carbons (Fsp3) is 0.706. The number of morpholine rings is 1. The molecule has 2 aliphatic rings.